The Morgan fingerprint density at radius 2 is 1.88 bits per heavy atom. The molecule has 2 heterocycles. The van der Waals surface area contributed by atoms with Gasteiger partial charge in [0.25, 0.3) is 11.8 Å². The molecule has 4 rings (SSSR count). The van der Waals surface area contributed by atoms with Crippen LogP contribution in [0.1, 0.15) is 49.9 Å². The standard InChI is InChI=1S/C23H24ClF3N2O4/c1-21(2)10-16-18(17(30)11-21)22(23(25,26)27,20(32)29(16)12-15-4-3-9-33-15)28-19(31)13-5-7-14(24)8-6-13/h5-8,15H,3-4,9-12H2,1-2H3,(H,28,31)/t15-,22-/m0/s1. The fourth-order valence-corrected chi connectivity index (χ4v) is 4.98. The maximum absolute atomic E-state index is 14.7. The van der Waals surface area contributed by atoms with E-state index in [9.17, 15) is 27.6 Å². The molecule has 0 bridgehead atoms. The van der Waals surface area contributed by atoms with E-state index in [4.69, 9.17) is 16.3 Å². The fraction of sp³-hybridized carbons (Fsp3) is 0.522. The summed E-state index contributed by atoms with van der Waals surface area (Å²) in [5.74, 6) is -3.29. The summed E-state index contributed by atoms with van der Waals surface area (Å²) in [4.78, 5) is 40.5. The highest BCUT2D eigenvalue weighted by Crippen LogP contribution is 2.52. The van der Waals surface area contributed by atoms with Crippen LogP contribution in [0.5, 0.6) is 0 Å². The van der Waals surface area contributed by atoms with Gasteiger partial charge in [0.15, 0.2) is 5.78 Å². The molecule has 0 aromatic heterocycles. The highest BCUT2D eigenvalue weighted by atomic mass is 35.5. The summed E-state index contributed by atoms with van der Waals surface area (Å²) in [6.45, 7) is 3.89. The minimum Gasteiger partial charge on any atom is -0.376 e. The first-order chi connectivity index (χ1) is 15.4. The van der Waals surface area contributed by atoms with Gasteiger partial charge in [-0.25, -0.2) is 0 Å². The number of benzene rings is 1. The van der Waals surface area contributed by atoms with Gasteiger partial charge in [-0.1, -0.05) is 25.4 Å². The van der Waals surface area contributed by atoms with Gasteiger partial charge in [-0.3, -0.25) is 14.4 Å². The number of hydrogen-bond acceptors (Lipinski definition) is 4. The number of hydrogen-bond donors (Lipinski definition) is 1. The molecular formula is C23H24ClF3N2O4. The van der Waals surface area contributed by atoms with Gasteiger partial charge in [0, 0.05) is 29.3 Å². The van der Waals surface area contributed by atoms with E-state index in [0.29, 0.717) is 18.1 Å². The maximum Gasteiger partial charge on any atom is 0.425 e. The third-order valence-corrected chi connectivity index (χ3v) is 6.61. The van der Waals surface area contributed by atoms with E-state index in [1.807, 2.05) is 5.32 Å². The van der Waals surface area contributed by atoms with Crippen LogP contribution in [-0.4, -0.2) is 53.5 Å². The molecule has 1 fully saturated rings. The van der Waals surface area contributed by atoms with Gasteiger partial charge in [0.1, 0.15) is 0 Å². The molecule has 3 aliphatic rings. The lowest BCUT2D eigenvalue weighted by Gasteiger charge is -2.35. The van der Waals surface area contributed by atoms with Crippen molar-refractivity contribution in [2.75, 3.05) is 13.2 Å². The largest absolute Gasteiger partial charge is 0.425 e. The van der Waals surface area contributed by atoms with Gasteiger partial charge in [-0.2, -0.15) is 13.2 Å². The molecule has 2 amide bonds. The van der Waals surface area contributed by atoms with Gasteiger partial charge >= 0.3 is 6.18 Å². The Kier molecular flexibility index (Phi) is 5.85. The summed E-state index contributed by atoms with van der Waals surface area (Å²) >= 11 is 5.81. The number of nitrogens with one attached hydrogen (secondary N) is 1. The second kappa shape index (κ2) is 8.13. The summed E-state index contributed by atoms with van der Waals surface area (Å²) in [5, 5.41) is 2.21. The molecule has 1 saturated heterocycles. The van der Waals surface area contributed by atoms with Crippen LogP contribution < -0.4 is 5.32 Å². The van der Waals surface area contributed by atoms with E-state index in [1.54, 1.807) is 13.8 Å². The van der Waals surface area contributed by atoms with Gasteiger partial charge < -0.3 is 15.0 Å². The molecule has 1 N–H and O–H groups in total. The normalized spacial score (nSPS) is 27.2. The Bertz CT molecular complexity index is 1030. The SMILES string of the molecule is CC1(C)CC(=O)C2=C(C1)N(C[C@@H]1CCCO1)C(=O)[C@]2(NC(=O)c1ccc(Cl)cc1)C(F)(F)F. The Hall–Kier alpha value is -2.39. The molecule has 10 heteroatoms. The number of ketones is 1. The summed E-state index contributed by atoms with van der Waals surface area (Å²) in [6, 6.07) is 5.23. The van der Waals surface area contributed by atoms with Crippen molar-refractivity contribution in [3.05, 3.63) is 46.1 Å². The first-order valence-corrected chi connectivity index (χ1v) is 11.1. The van der Waals surface area contributed by atoms with Crippen LogP contribution in [0.25, 0.3) is 0 Å². The molecule has 0 spiro atoms. The average molecular weight is 485 g/mol. The Morgan fingerprint density at radius 1 is 1.21 bits per heavy atom. The predicted octanol–water partition coefficient (Wildman–Crippen LogP) is 4.04. The quantitative estimate of drug-likeness (QED) is 0.700. The van der Waals surface area contributed by atoms with Crippen LogP contribution >= 0.6 is 11.6 Å². The number of halogens is 4. The lowest BCUT2D eigenvalue weighted by molar-refractivity contribution is -0.191. The monoisotopic (exact) mass is 484 g/mol. The van der Waals surface area contributed by atoms with Crippen molar-refractivity contribution in [2.24, 2.45) is 5.41 Å². The Morgan fingerprint density at radius 3 is 2.45 bits per heavy atom. The molecule has 33 heavy (non-hydrogen) atoms. The number of carbonyl (C=O) groups is 3. The van der Waals surface area contributed by atoms with Crippen LogP contribution in [0, 0.1) is 5.41 Å². The third kappa shape index (κ3) is 4.05. The van der Waals surface area contributed by atoms with E-state index in [2.05, 4.69) is 0 Å². The maximum atomic E-state index is 14.7. The molecule has 2 aliphatic heterocycles. The van der Waals surface area contributed by atoms with E-state index in [0.717, 1.165) is 11.3 Å². The minimum absolute atomic E-state index is 0.0190. The van der Waals surface area contributed by atoms with Crippen molar-refractivity contribution in [1.29, 1.82) is 0 Å². The van der Waals surface area contributed by atoms with E-state index in [1.165, 1.54) is 24.3 Å². The number of alkyl halides is 3. The predicted molar refractivity (Wildman–Crippen MR) is 113 cm³/mol. The van der Waals surface area contributed by atoms with Gasteiger partial charge in [0.05, 0.1) is 18.2 Å². The van der Waals surface area contributed by atoms with Crippen molar-refractivity contribution in [3.63, 3.8) is 0 Å². The Labute approximate surface area is 194 Å². The first-order valence-electron chi connectivity index (χ1n) is 10.7. The molecule has 0 saturated carbocycles. The number of amides is 2. The Balaban J connectivity index is 1.83. The summed E-state index contributed by atoms with van der Waals surface area (Å²) < 4.78 is 49.7. The highest BCUT2D eigenvalue weighted by molar-refractivity contribution is 6.30. The minimum atomic E-state index is -5.24. The van der Waals surface area contributed by atoms with Crippen molar-refractivity contribution < 1.29 is 32.3 Å². The third-order valence-electron chi connectivity index (χ3n) is 6.36. The number of ether oxygens (including phenoxy) is 1. The molecule has 2 atom stereocenters. The van der Waals surface area contributed by atoms with Gasteiger partial charge in [0.2, 0.25) is 5.54 Å². The van der Waals surface area contributed by atoms with Crippen LogP contribution in [0.2, 0.25) is 5.02 Å². The smallest absolute Gasteiger partial charge is 0.376 e. The molecule has 1 aromatic rings. The molecular weight excluding hydrogens is 461 g/mol. The zero-order valence-electron chi connectivity index (χ0n) is 18.2. The number of Topliss-reactive ketones (excluding diaryl/α,β-unsaturated/α-hetero) is 1. The van der Waals surface area contributed by atoms with Crippen molar-refractivity contribution in [1.82, 2.24) is 10.2 Å². The van der Waals surface area contributed by atoms with Gasteiger partial charge in [-0.15, -0.1) is 0 Å². The molecule has 1 aliphatic carbocycles. The first kappa shape index (κ1) is 23.8. The lowest BCUT2D eigenvalue weighted by Crippen LogP contribution is -2.66. The summed E-state index contributed by atoms with van der Waals surface area (Å²) in [5.41, 5.74) is -4.86. The fourth-order valence-electron chi connectivity index (χ4n) is 4.85. The molecule has 0 radical (unpaired) electrons. The molecule has 6 nitrogen and oxygen atoms in total. The number of rotatable bonds is 4. The average Bonchev–Trinajstić information content (AvgIpc) is 3.29. The zero-order valence-corrected chi connectivity index (χ0v) is 19.0. The second-order valence-electron chi connectivity index (χ2n) is 9.52. The number of nitrogens with zero attached hydrogens (tertiary/aromatic N) is 1. The molecule has 0 unspecified atom stereocenters. The number of allylic oxidation sites excluding steroid dienone is 1. The van der Waals surface area contributed by atoms with Gasteiger partial charge in [-0.05, 0) is 48.9 Å². The van der Waals surface area contributed by atoms with Crippen molar-refractivity contribution in [3.8, 4) is 0 Å². The van der Waals surface area contributed by atoms with Crippen LogP contribution in [0.15, 0.2) is 35.5 Å². The van der Waals surface area contributed by atoms with Crippen molar-refractivity contribution in [2.45, 2.75) is 57.3 Å². The number of carbonyl (C=O) groups excluding carboxylic acids is 3. The lowest BCUT2D eigenvalue weighted by atomic mass is 9.72. The van der Waals surface area contributed by atoms with E-state index >= 15 is 0 Å². The van der Waals surface area contributed by atoms with Crippen LogP contribution in [-0.2, 0) is 14.3 Å². The van der Waals surface area contributed by atoms with Crippen LogP contribution in [0.4, 0.5) is 13.2 Å². The topological polar surface area (TPSA) is 75.7 Å². The summed E-state index contributed by atoms with van der Waals surface area (Å²) in [7, 11) is 0. The second-order valence-corrected chi connectivity index (χ2v) is 9.96. The summed E-state index contributed by atoms with van der Waals surface area (Å²) in [6.07, 6.45) is -4.41. The zero-order chi connectivity index (χ0) is 24.2. The van der Waals surface area contributed by atoms with E-state index in [-0.39, 0.29) is 30.6 Å². The molecule has 178 valence electrons. The van der Waals surface area contributed by atoms with Crippen molar-refractivity contribution >= 4 is 29.2 Å². The highest BCUT2D eigenvalue weighted by Gasteiger charge is 2.71. The van der Waals surface area contributed by atoms with Crippen LogP contribution in [0.3, 0.4) is 0 Å². The molecule has 1 aromatic carbocycles. The van der Waals surface area contributed by atoms with E-state index < -0.39 is 46.4 Å².